The minimum atomic E-state index is -0.770. The van der Waals surface area contributed by atoms with Gasteiger partial charge in [-0.05, 0) is 219 Å². The van der Waals surface area contributed by atoms with Crippen LogP contribution >= 0.6 is 0 Å². The molecule has 0 saturated carbocycles. The molecule has 2 heteroatoms. The van der Waals surface area contributed by atoms with Crippen molar-refractivity contribution in [3.05, 3.63) is 442 Å². The van der Waals surface area contributed by atoms with Gasteiger partial charge in [0.2, 0.25) is 0 Å². The Morgan fingerprint density at radius 3 is 0.883 bits per heavy atom. The van der Waals surface area contributed by atoms with Crippen molar-refractivity contribution in [2.45, 2.75) is 81.5 Å². The van der Waals surface area contributed by atoms with E-state index in [0.717, 1.165) is 58.1 Å². The van der Waals surface area contributed by atoms with Gasteiger partial charge >= 0.3 is 0 Å². The number of fused-ring (bicyclic) bond motifs is 9. The van der Waals surface area contributed by atoms with Crippen LogP contribution in [0.15, 0.2) is 353 Å². The highest BCUT2D eigenvalue weighted by Gasteiger charge is 2.50. The molecule has 0 heterocycles. The van der Waals surface area contributed by atoms with E-state index in [4.69, 9.17) is 0 Å². The van der Waals surface area contributed by atoms with Gasteiger partial charge in [-0.2, -0.15) is 0 Å². The minimum absolute atomic E-state index is 0.00612. The molecule has 0 saturated heterocycles. The maximum atomic E-state index is 4.12. The second-order valence-electron chi connectivity index (χ2n) is 30.5. The van der Waals surface area contributed by atoms with Crippen molar-refractivity contribution in [1.29, 1.82) is 0 Å². The average molecular weight is 1330 g/mol. The summed E-state index contributed by atoms with van der Waals surface area (Å²) >= 11 is 0. The van der Waals surface area contributed by atoms with Gasteiger partial charge in [-0.3, -0.25) is 0 Å². The number of nitrogens with zero attached hydrogens (tertiary/aromatic N) is 2. The van der Waals surface area contributed by atoms with Gasteiger partial charge < -0.3 is 9.80 Å². The molecule has 0 aliphatic heterocycles. The van der Waals surface area contributed by atoms with Crippen molar-refractivity contribution in [2.24, 2.45) is 0 Å². The van der Waals surface area contributed by atoms with Crippen LogP contribution in [-0.4, -0.2) is 0 Å². The van der Waals surface area contributed by atoms with Gasteiger partial charge in [-0.15, -0.1) is 0 Å². The summed E-state index contributed by atoms with van der Waals surface area (Å²) in [6.45, 7) is 22.1. The van der Waals surface area contributed by atoms with Crippen molar-refractivity contribution < 1.29 is 0 Å². The highest BCUT2D eigenvalue weighted by molar-refractivity contribution is 5.94. The molecule has 17 rings (SSSR count). The van der Waals surface area contributed by atoms with E-state index in [-0.39, 0.29) is 10.8 Å². The monoisotopic (exact) mass is 1320 g/mol. The van der Waals surface area contributed by atoms with Crippen molar-refractivity contribution in [1.82, 2.24) is 0 Å². The van der Waals surface area contributed by atoms with E-state index in [0.29, 0.717) is 0 Å². The standard InChI is InChI=1S/C101H84N2/c1-9-69-39-43-71(44-40-69)67-99(75-51-47-73(48-52-75)97(3,4)5)91-37-25-23-35-85(91)87-59-55-81(63-93(87)99)102(79-31-19-13-20-32-79)83-57-61-89-90-62-58-84(66-96(90)101(95(89)65-83,77-27-15-11-16-28-77)78-29-17-12-18-30-78)103(80-33-21-14-22-34-80)82-56-60-88-86-36-24-26-38-92(86)100(94(88)64-82,68-72-45-41-70(10-2)42-46-72)76-53-49-74(50-54-76)98(6,7)8/h9-66H,1-2,67-68H2,3-8H3. The van der Waals surface area contributed by atoms with E-state index in [1.54, 1.807) is 0 Å². The first-order chi connectivity index (χ1) is 50.2. The summed E-state index contributed by atoms with van der Waals surface area (Å²) in [5.41, 5.74) is 32.2. The zero-order valence-electron chi connectivity index (χ0n) is 59.7. The number of benzene rings is 14. The Balaban J connectivity index is 0.860. The van der Waals surface area contributed by atoms with Crippen LogP contribution in [0, 0.1) is 0 Å². The lowest BCUT2D eigenvalue weighted by atomic mass is 9.67. The highest BCUT2D eigenvalue weighted by atomic mass is 15.1. The Morgan fingerprint density at radius 1 is 0.262 bits per heavy atom. The van der Waals surface area contributed by atoms with Crippen LogP contribution in [0.25, 0.3) is 45.5 Å². The van der Waals surface area contributed by atoms with Gasteiger partial charge in [0, 0.05) is 34.1 Å². The Bertz CT molecular complexity index is 5180. The van der Waals surface area contributed by atoms with Gasteiger partial charge in [0.05, 0.1) is 16.2 Å². The highest BCUT2D eigenvalue weighted by Crippen LogP contribution is 2.61. The number of para-hydroxylation sites is 2. The van der Waals surface area contributed by atoms with Crippen molar-refractivity contribution in [3.8, 4) is 33.4 Å². The van der Waals surface area contributed by atoms with Gasteiger partial charge in [-0.25, -0.2) is 0 Å². The molecule has 0 amide bonds. The zero-order valence-corrected chi connectivity index (χ0v) is 59.7. The molecule has 0 N–H and O–H groups in total. The van der Waals surface area contributed by atoms with Crippen LogP contribution in [0.5, 0.6) is 0 Å². The van der Waals surface area contributed by atoms with Gasteiger partial charge in [0.25, 0.3) is 0 Å². The maximum absolute atomic E-state index is 4.12. The summed E-state index contributed by atoms with van der Waals surface area (Å²) in [5.74, 6) is 0. The summed E-state index contributed by atoms with van der Waals surface area (Å²) in [6, 6.07) is 129. The van der Waals surface area contributed by atoms with E-state index >= 15 is 0 Å². The molecular weight excluding hydrogens is 1240 g/mol. The van der Waals surface area contributed by atoms with Crippen molar-refractivity contribution in [2.75, 3.05) is 9.80 Å². The smallest absolute Gasteiger partial charge is 0.0715 e. The molecule has 2 atom stereocenters. The molecule has 2 unspecified atom stereocenters. The minimum Gasteiger partial charge on any atom is -0.310 e. The molecule has 0 fully saturated rings. The fraction of sp³-hybridized carbons (Fsp3) is 0.129. The summed E-state index contributed by atoms with van der Waals surface area (Å²) in [6.07, 6.45) is 5.42. The summed E-state index contributed by atoms with van der Waals surface area (Å²) < 4.78 is 0. The lowest BCUT2D eigenvalue weighted by Crippen LogP contribution is -2.30. The summed E-state index contributed by atoms with van der Waals surface area (Å²) in [5, 5.41) is 0. The van der Waals surface area contributed by atoms with Gasteiger partial charge in [0.1, 0.15) is 0 Å². The van der Waals surface area contributed by atoms with Gasteiger partial charge in [0.15, 0.2) is 0 Å². The summed E-state index contributed by atoms with van der Waals surface area (Å²) in [4.78, 5) is 5.01. The molecule has 14 aromatic rings. The van der Waals surface area contributed by atoms with E-state index in [1.165, 1.54) is 111 Å². The van der Waals surface area contributed by atoms with E-state index in [9.17, 15) is 0 Å². The largest absolute Gasteiger partial charge is 0.310 e. The van der Waals surface area contributed by atoms with Crippen LogP contribution in [0.3, 0.4) is 0 Å². The fourth-order valence-electron chi connectivity index (χ4n) is 17.7. The van der Waals surface area contributed by atoms with Crippen molar-refractivity contribution in [3.63, 3.8) is 0 Å². The predicted molar refractivity (Wildman–Crippen MR) is 435 cm³/mol. The Hall–Kier alpha value is -11.8. The van der Waals surface area contributed by atoms with E-state index < -0.39 is 16.2 Å². The molecule has 103 heavy (non-hydrogen) atoms. The molecule has 0 aromatic heterocycles. The fourth-order valence-corrected chi connectivity index (χ4v) is 17.7. The molecule has 3 aliphatic rings. The lowest BCUT2D eigenvalue weighted by molar-refractivity contribution is 0.586. The Kier molecular flexibility index (Phi) is 15.9. The predicted octanol–water partition coefficient (Wildman–Crippen LogP) is 26.0. The zero-order chi connectivity index (χ0) is 70.2. The molecule has 0 radical (unpaired) electrons. The SMILES string of the molecule is C=Cc1ccc(CC2(c3ccc(C(C)(C)C)cc3)c3ccccc3-c3ccc(N(c4ccccc4)c4ccc5c(c4)C(c4ccccc4)(c4ccccc4)c4cc(N(c6ccccc6)c6ccc7c(c6)C(Cc6ccc(C=C)cc6)(c6ccc(C(C)(C)C)cc6)c6ccccc6-7)ccc4-5)cc32)cc1. The normalized spacial score (nSPS) is 15.8. The van der Waals surface area contributed by atoms with Crippen LogP contribution in [0.1, 0.15) is 131 Å². The topological polar surface area (TPSA) is 6.48 Å². The average Bonchev–Trinajstić information content (AvgIpc) is 1.54. The number of anilines is 6. The second kappa shape index (κ2) is 25.3. The molecule has 498 valence electrons. The number of rotatable bonds is 16. The first kappa shape index (κ1) is 64.5. The molecule has 0 spiro atoms. The van der Waals surface area contributed by atoms with Gasteiger partial charge in [-0.1, -0.05) is 334 Å². The third-order valence-corrected chi connectivity index (χ3v) is 22.7. The lowest BCUT2D eigenvalue weighted by Gasteiger charge is -2.36. The third kappa shape index (κ3) is 10.7. The molecule has 3 aliphatic carbocycles. The molecule has 14 aromatic carbocycles. The van der Waals surface area contributed by atoms with Crippen LogP contribution in [-0.2, 0) is 39.9 Å². The van der Waals surface area contributed by atoms with Crippen LogP contribution < -0.4 is 9.80 Å². The number of hydrogen-bond donors (Lipinski definition) is 0. The molecular formula is C101H84N2. The van der Waals surface area contributed by atoms with Crippen LogP contribution in [0.2, 0.25) is 0 Å². The van der Waals surface area contributed by atoms with E-state index in [2.05, 4.69) is 404 Å². The molecule has 0 bridgehead atoms. The second-order valence-corrected chi connectivity index (χ2v) is 30.5. The first-order valence-electron chi connectivity index (χ1n) is 36.4. The van der Waals surface area contributed by atoms with Crippen molar-refractivity contribution >= 4 is 46.3 Å². The Morgan fingerprint density at radius 2 is 0.553 bits per heavy atom. The van der Waals surface area contributed by atoms with Crippen LogP contribution in [0.4, 0.5) is 34.1 Å². The third-order valence-electron chi connectivity index (χ3n) is 22.7. The number of hydrogen-bond acceptors (Lipinski definition) is 2. The Labute approximate surface area is 609 Å². The van der Waals surface area contributed by atoms with E-state index in [1.807, 2.05) is 12.2 Å². The summed E-state index contributed by atoms with van der Waals surface area (Å²) in [7, 11) is 0. The first-order valence-corrected chi connectivity index (χ1v) is 36.4. The quantitative estimate of drug-likeness (QED) is 0.0951. The maximum Gasteiger partial charge on any atom is 0.0715 e. The molecule has 2 nitrogen and oxygen atoms in total.